The predicted molar refractivity (Wildman–Crippen MR) is 126 cm³/mol. The lowest BCUT2D eigenvalue weighted by atomic mass is 9.96. The highest BCUT2D eigenvalue weighted by atomic mass is 19.1. The average molecular weight is 464 g/mol. The van der Waals surface area contributed by atoms with Gasteiger partial charge in [0.05, 0.1) is 5.92 Å². The average Bonchev–Trinajstić information content (AvgIpc) is 3.39. The topological polar surface area (TPSA) is 96.3 Å². The second kappa shape index (κ2) is 10.3. The minimum absolute atomic E-state index is 0.190. The number of benzene rings is 2. The standard InChI is InChI=1S/C25H26FN5O3/c1-17(31-14-4-12-27-31)23(32)28-21-6-2-7-22(15-21)29-24(33)19-5-3-13-30(16-19)25(34)18-8-10-20(26)11-9-18/h2,4,6-12,14-15,17,19H,3,5,13,16H2,1H3,(H,28,32)(H,29,33). The number of hydrogen-bond donors (Lipinski definition) is 2. The maximum atomic E-state index is 13.2. The molecule has 2 heterocycles. The van der Waals surface area contributed by atoms with Crippen LogP contribution >= 0.6 is 0 Å². The molecule has 1 aromatic heterocycles. The molecule has 0 aliphatic carbocycles. The maximum Gasteiger partial charge on any atom is 0.253 e. The number of piperidine rings is 1. The zero-order valence-electron chi connectivity index (χ0n) is 18.8. The molecular weight excluding hydrogens is 437 g/mol. The van der Waals surface area contributed by atoms with Gasteiger partial charge in [0.2, 0.25) is 11.8 Å². The van der Waals surface area contributed by atoms with E-state index in [1.54, 1.807) is 59.2 Å². The first-order chi connectivity index (χ1) is 16.4. The van der Waals surface area contributed by atoms with Gasteiger partial charge in [0.25, 0.3) is 5.91 Å². The lowest BCUT2D eigenvalue weighted by Crippen LogP contribution is -2.43. The van der Waals surface area contributed by atoms with Crippen LogP contribution in [0.3, 0.4) is 0 Å². The Morgan fingerprint density at radius 1 is 1.06 bits per heavy atom. The van der Waals surface area contributed by atoms with E-state index in [4.69, 9.17) is 0 Å². The number of halogens is 1. The van der Waals surface area contributed by atoms with E-state index in [1.807, 2.05) is 0 Å². The van der Waals surface area contributed by atoms with Crippen molar-refractivity contribution in [2.24, 2.45) is 5.92 Å². The first-order valence-corrected chi connectivity index (χ1v) is 11.2. The van der Waals surface area contributed by atoms with Crippen LogP contribution in [0.25, 0.3) is 0 Å². The molecule has 2 atom stereocenters. The first-order valence-electron chi connectivity index (χ1n) is 11.2. The molecule has 1 aliphatic heterocycles. The predicted octanol–water partition coefficient (Wildman–Crippen LogP) is 3.71. The molecule has 0 spiro atoms. The van der Waals surface area contributed by atoms with E-state index in [0.717, 1.165) is 0 Å². The molecule has 1 aliphatic rings. The Labute approximate surface area is 196 Å². The molecule has 1 saturated heterocycles. The summed E-state index contributed by atoms with van der Waals surface area (Å²) in [6.45, 7) is 2.59. The van der Waals surface area contributed by atoms with Crippen molar-refractivity contribution in [2.45, 2.75) is 25.8 Å². The molecule has 1 fully saturated rings. The van der Waals surface area contributed by atoms with Crippen LogP contribution < -0.4 is 10.6 Å². The number of carbonyl (C=O) groups is 3. The van der Waals surface area contributed by atoms with Gasteiger partial charge in [0.1, 0.15) is 11.9 Å². The van der Waals surface area contributed by atoms with Gasteiger partial charge in [0.15, 0.2) is 0 Å². The third-order valence-electron chi connectivity index (χ3n) is 5.87. The van der Waals surface area contributed by atoms with Gasteiger partial charge in [-0.05, 0) is 68.3 Å². The lowest BCUT2D eigenvalue weighted by molar-refractivity contribution is -0.121. The van der Waals surface area contributed by atoms with Crippen molar-refractivity contribution < 1.29 is 18.8 Å². The second-order valence-corrected chi connectivity index (χ2v) is 8.32. The van der Waals surface area contributed by atoms with E-state index in [1.165, 1.54) is 24.3 Å². The molecular formula is C25H26FN5O3. The van der Waals surface area contributed by atoms with Crippen LogP contribution in [0.1, 0.15) is 36.2 Å². The minimum Gasteiger partial charge on any atom is -0.338 e. The van der Waals surface area contributed by atoms with Crippen LogP contribution in [-0.4, -0.2) is 45.5 Å². The maximum absolute atomic E-state index is 13.2. The molecule has 3 amide bonds. The molecule has 2 aromatic carbocycles. The van der Waals surface area contributed by atoms with E-state index in [-0.39, 0.29) is 23.6 Å². The van der Waals surface area contributed by atoms with E-state index < -0.39 is 11.9 Å². The van der Waals surface area contributed by atoms with Crippen molar-refractivity contribution in [3.05, 3.63) is 78.4 Å². The van der Waals surface area contributed by atoms with Crippen LogP contribution in [0.2, 0.25) is 0 Å². The van der Waals surface area contributed by atoms with Crippen LogP contribution in [0.5, 0.6) is 0 Å². The highest BCUT2D eigenvalue weighted by Crippen LogP contribution is 2.22. The summed E-state index contributed by atoms with van der Waals surface area (Å²) >= 11 is 0. The Morgan fingerprint density at radius 3 is 2.50 bits per heavy atom. The quantitative estimate of drug-likeness (QED) is 0.583. The van der Waals surface area contributed by atoms with Crippen LogP contribution in [-0.2, 0) is 9.59 Å². The number of likely N-dealkylation sites (tertiary alicyclic amines) is 1. The SMILES string of the molecule is CC(C(=O)Nc1cccc(NC(=O)C2CCCN(C(=O)c3ccc(F)cc3)C2)c1)n1cccn1. The zero-order valence-corrected chi connectivity index (χ0v) is 18.8. The molecule has 0 saturated carbocycles. The number of aromatic nitrogens is 2. The van der Waals surface area contributed by atoms with Crippen LogP contribution in [0, 0.1) is 11.7 Å². The number of anilines is 2. The van der Waals surface area contributed by atoms with Gasteiger partial charge in [-0.1, -0.05) is 6.07 Å². The number of hydrogen-bond acceptors (Lipinski definition) is 4. The van der Waals surface area contributed by atoms with E-state index in [9.17, 15) is 18.8 Å². The summed E-state index contributed by atoms with van der Waals surface area (Å²) in [6.07, 6.45) is 4.69. The summed E-state index contributed by atoms with van der Waals surface area (Å²) in [4.78, 5) is 39.8. The fourth-order valence-electron chi connectivity index (χ4n) is 3.95. The third-order valence-corrected chi connectivity index (χ3v) is 5.87. The molecule has 34 heavy (non-hydrogen) atoms. The number of carbonyl (C=O) groups excluding carboxylic acids is 3. The second-order valence-electron chi connectivity index (χ2n) is 8.32. The highest BCUT2D eigenvalue weighted by Gasteiger charge is 2.29. The summed E-state index contributed by atoms with van der Waals surface area (Å²) in [5, 5.41) is 9.81. The van der Waals surface area contributed by atoms with Crippen molar-refractivity contribution >= 4 is 29.1 Å². The summed E-state index contributed by atoms with van der Waals surface area (Å²) in [7, 11) is 0. The smallest absolute Gasteiger partial charge is 0.253 e. The molecule has 9 heteroatoms. The molecule has 0 radical (unpaired) electrons. The summed E-state index contributed by atoms with van der Waals surface area (Å²) in [5.41, 5.74) is 1.50. The Bertz CT molecular complexity index is 1160. The molecule has 176 valence electrons. The Morgan fingerprint density at radius 2 is 1.79 bits per heavy atom. The molecule has 2 unspecified atom stereocenters. The Balaban J connectivity index is 1.36. The molecule has 3 aromatic rings. The Kier molecular flexibility index (Phi) is 7.01. The van der Waals surface area contributed by atoms with Crippen molar-refractivity contribution in [1.82, 2.24) is 14.7 Å². The molecule has 2 N–H and O–H groups in total. The third kappa shape index (κ3) is 5.48. The fraction of sp³-hybridized carbons (Fsp3) is 0.280. The molecule has 0 bridgehead atoms. The minimum atomic E-state index is -0.486. The largest absolute Gasteiger partial charge is 0.338 e. The highest BCUT2D eigenvalue weighted by molar-refractivity contribution is 5.97. The lowest BCUT2D eigenvalue weighted by Gasteiger charge is -2.32. The summed E-state index contributed by atoms with van der Waals surface area (Å²) in [6, 6.07) is 13.6. The van der Waals surface area contributed by atoms with E-state index in [2.05, 4.69) is 15.7 Å². The zero-order chi connectivity index (χ0) is 24.1. The molecule has 8 nitrogen and oxygen atoms in total. The number of nitrogens with one attached hydrogen (secondary N) is 2. The number of rotatable bonds is 6. The number of amides is 3. The van der Waals surface area contributed by atoms with Gasteiger partial charge in [-0.2, -0.15) is 5.10 Å². The fourth-order valence-corrected chi connectivity index (χ4v) is 3.95. The number of nitrogens with zero attached hydrogens (tertiary/aromatic N) is 3. The van der Waals surface area contributed by atoms with Gasteiger partial charge in [-0.3, -0.25) is 19.1 Å². The van der Waals surface area contributed by atoms with Crippen molar-refractivity contribution in [3.8, 4) is 0 Å². The summed E-state index contributed by atoms with van der Waals surface area (Å²) in [5.74, 6) is -1.40. The monoisotopic (exact) mass is 463 g/mol. The van der Waals surface area contributed by atoms with Crippen LogP contribution in [0.4, 0.5) is 15.8 Å². The Hall–Kier alpha value is -4.01. The van der Waals surface area contributed by atoms with Crippen molar-refractivity contribution in [2.75, 3.05) is 23.7 Å². The van der Waals surface area contributed by atoms with Crippen molar-refractivity contribution in [3.63, 3.8) is 0 Å². The molecule has 4 rings (SSSR count). The normalized spacial score (nSPS) is 16.5. The van der Waals surface area contributed by atoms with Gasteiger partial charge in [-0.15, -0.1) is 0 Å². The van der Waals surface area contributed by atoms with Gasteiger partial charge < -0.3 is 15.5 Å². The van der Waals surface area contributed by atoms with Gasteiger partial charge >= 0.3 is 0 Å². The summed E-state index contributed by atoms with van der Waals surface area (Å²) < 4.78 is 14.7. The van der Waals surface area contributed by atoms with Gasteiger partial charge in [-0.25, -0.2) is 4.39 Å². The van der Waals surface area contributed by atoms with Crippen molar-refractivity contribution in [1.29, 1.82) is 0 Å². The van der Waals surface area contributed by atoms with E-state index >= 15 is 0 Å². The van der Waals surface area contributed by atoms with Gasteiger partial charge in [0, 0.05) is 42.4 Å². The first kappa shape index (κ1) is 23.2. The van der Waals surface area contributed by atoms with Crippen LogP contribution in [0.15, 0.2) is 67.0 Å². The van der Waals surface area contributed by atoms with E-state index in [0.29, 0.717) is 42.9 Å².